The van der Waals surface area contributed by atoms with Crippen LogP contribution in [0.15, 0.2) is 69.6 Å². The Bertz CT molecular complexity index is 1400. The summed E-state index contributed by atoms with van der Waals surface area (Å²) in [6.45, 7) is 0.155. The third-order valence-electron chi connectivity index (χ3n) is 5.31. The number of fused-ring (bicyclic) bond motifs is 1. The first kappa shape index (κ1) is 22.3. The van der Waals surface area contributed by atoms with Crippen LogP contribution in [0, 0.1) is 0 Å². The summed E-state index contributed by atoms with van der Waals surface area (Å²) in [6.07, 6.45) is 0. The minimum Gasteiger partial charge on any atom is -0.497 e. The number of carbonyl (C=O) groups is 1. The number of thiophene rings is 1. The van der Waals surface area contributed by atoms with Crippen LogP contribution < -0.4 is 26.0 Å². The van der Waals surface area contributed by atoms with E-state index in [4.69, 9.17) is 9.47 Å². The van der Waals surface area contributed by atoms with Gasteiger partial charge >= 0.3 is 5.69 Å². The van der Waals surface area contributed by atoms with Gasteiger partial charge in [-0.3, -0.25) is 18.7 Å². The van der Waals surface area contributed by atoms with Crippen LogP contribution >= 0.6 is 11.3 Å². The molecule has 0 spiro atoms. The Hall–Kier alpha value is -3.85. The molecule has 1 amide bonds. The highest BCUT2D eigenvalue weighted by Crippen LogP contribution is 2.19. The number of carbonyl (C=O) groups excluding carboxylic acids is 1. The molecule has 0 aliphatic rings. The summed E-state index contributed by atoms with van der Waals surface area (Å²) >= 11 is 1.24. The molecule has 33 heavy (non-hydrogen) atoms. The van der Waals surface area contributed by atoms with E-state index in [2.05, 4.69) is 5.32 Å². The lowest BCUT2D eigenvalue weighted by molar-refractivity contribution is -0.121. The second kappa shape index (κ2) is 9.74. The highest BCUT2D eigenvalue weighted by Gasteiger charge is 2.17. The van der Waals surface area contributed by atoms with E-state index in [1.165, 1.54) is 23.0 Å². The molecular weight excluding hydrogens is 442 g/mol. The van der Waals surface area contributed by atoms with E-state index in [0.29, 0.717) is 28.1 Å². The largest absolute Gasteiger partial charge is 0.497 e. The lowest BCUT2D eigenvalue weighted by Crippen LogP contribution is -2.42. The van der Waals surface area contributed by atoms with Gasteiger partial charge in [-0.25, -0.2) is 4.79 Å². The molecular formula is C24H23N3O5S. The molecule has 8 nitrogen and oxygen atoms in total. The molecule has 0 unspecified atom stereocenters. The number of benzene rings is 2. The molecule has 0 atom stereocenters. The van der Waals surface area contributed by atoms with Crippen LogP contribution in [0.3, 0.4) is 0 Å². The molecule has 4 aromatic rings. The number of hydrogen-bond acceptors (Lipinski definition) is 6. The number of ether oxygens (including phenoxy) is 2. The third kappa shape index (κ3) is 4.68. The van der Waals surface area contributed by atoms with Gasteiger partial charge in [0.05, 0.1) is 26.3 Å². The second-order valence-corrected chi connectivity index (χ2v) is 8.25. The zero-order valence-corrected chi connectivity index (χ0v) is 19.1. The van der Waals surface area contributed by atoms with Crippen LogP contribution in [-0.4, -0.2) is 29.3 Å². The Morgan fingerprint density at radius 3 is 2.45 bits per heavy atom. The molecule has 0 bridgehead atoms. The Morgan fingerprint density at radius 1 is 0.970 bits per heavy atom. The molecule has 0 radical (unpaired) electrons. The number of hydrogen-bond donors (Lipinski definition) is 1. The van der Waals surface area contributed by atoms with E-state index in [1.807, 2.05) is 36.4 Å². The average Bonchev–Trinajstić information content (AvgIpc) is 3.34. The predicted molar refractivity (Wildman–Crippen MR) is 127 cm³/mol. The van der Waals surface area contributed by atoms with Gasteiger partial charge in [0.25, 0.3) is 5.56 Å². The van der Waals surface area contributed by atoms with E-state index in [9.17, 15) is 14.4 Å². The number of methoxy groups -OCH3 is 2. The van der Waals surface area contributed by atoms with E-state index in [-0.39, 0.29) is 24.6 Å². The van der Waals surface area contributed by atoms with E-state index in [0.717, 1.165) is 15.9 Å². The fraction of sp³-hybridized carbons (Fsp3) is 0.208. The first-order chi connectivity index (χ1) is 16.0. The van der Waals surface area contributed by atoms with Gasteiger partial charge in [-0.1, -0.05) is 30.3 Å². The van der Waals surface area contributed by atoms with Crippen molar-refractivity contribution in [2.45, 2.75) is 19.6 Å². The number of nitrogens with zero attached hydrogens (tertiary/aromatic N) is 2. The first-order valence-corrected chi connectivity index (χ1v) is 11.1. The molecule has 0 fully saturated rings. The van der Waals surface area contributed by atoms with Crippen molar-refractivity contribution in [2.24, 2.45) is 0 Å². The zero-order valence-electron chi connectivity index (χ0n) is 18.2. The molecule has 0 aliphatic carbocycles. The van der Waals surface area contributed by atoms with Gasteiger partial charge in [-0.15, -0.1) is 11.3 Å². The van der Waals surface area contributed by atoms with E-state index in [1.54, 1.807) is 30.7 Å². The lowest BCUT2D eigenvalue weighted by atomic mass is 10.2. The maximum Gasteiger partial charge on any atom is 0.332 e. The van der Waals surface area contributed by atoms with Gasteiger partial charge in [-0.2, -0.15) is 0 Å². The number of nitrogens with one attached hydrogen (secondary N) is 1. The van der Waals surface area contributed by atoms with Crippen molar-refractivity contribution in [1.82, 2.24) is 14.5 Å². The lowest BCUT2D eigenvalue weighted by Gasteiger charge is -2.14. The zero-order chi connectivity index (χ0) is 23.4. The topological polar surface area (TPSA) is 91.6 Å². The monoisotopic (exact) mass is 465 g/mol. The van der Waals surface area contributed by atoms with Crippen molar-refractivity contribution in [1.29, 1.82) is 0 Å². The van der Waals surface area contributed by atoms with Gasteiger partial charge in [0.15, 0.2) is 0 Å². The van der Waals surface area contributed by atoms with Crippen molar-refractivity contribution in [3.63, 3.8) is 0 Å². The van der Waals surface area contributed by atoms with Crippen molar-refractivity contribution in [3.8, 4) is 11.5 Å². The molecule has 1 N–H and O–H groups in total. The summed E-state index contributed by atoms with van der Waals surface area (Å²) in [7, 11) is 3.13. The van der Waals surface area contributed by atoms with Gasteiger partial charge in [0, 0.05) is 12.1 Å². The molecule has 2 aromatic heterocycles. The Morgan fingerprint density at radius 2 is 1.73 bits per heavy atom. The van der Waals surface area contributed by atoms with Crippen molar-refractivity contribution >= 4 is 27.5 Å². The summed E-state index contributed by atoms with van der Waals surface area (Å²) in [6, 6.07) is 16.2. The van der Waals surface area contributed by atoms with Crippen molar-refractivity contribution < 1.29 is 14.3 Å². The molecule has 0 saturated heterocycles. The third-order valence-corrected chi connectivity index (χ3v) is 6.20. The predicted octanol–water partition coefficient (Wildman–Crippen LogP) is 2.61. The number of rotatable bonds is 8. The van der Waals surface area contributed by atoms with Crippen LogP contribution in [-0.2, 0) is 24.4 Å². The number of amides is 1. The smallest absolute Gasteiger partial charge is 0.332 e. The fourth-order valence-electron chi connectivity index (χ4n) is 3.57. The molecule has 170 valence electrons. The Balaban J connectivity index is 1.61. The van der Waals surface area contributed by atoms with Gasteiger partial charge in [0.1, 0.15) is 22.7 Å². The summed E-state index contributed by atoms with van der Waals surface area (Å²) < 4.78 is 13.4. The van der Waals surface area contributed by atoms with Crippen LogP contribution in [0.5, 0.6) is 11.5 Å². The SMILES string of the molecule is COc1ccc(CNC(=O)Cn2c(=O)n(Cc3ccccc3OC)c(=O)c3sccc32)cc1. The fourth-order valence-corrected chi connectivity index (χ4v) is 4.42. The summed E-state index contributed by atoms with van der Waals surface area (Å²) in [5.74, 6) is 0.982. The van der Waals surface area contributed by atoms with Gasteiger partial charge < -0.3 is 14.8 Å². The highest BCUT2D eigenvalue weighted by atomic mass is 32.1. The molecule has 0 saturated carbocycles. The first-order valence-electron chi connectivity index (χ1n) is 10.2. The van der Waals surface area contributed by atoms with Crippen molar-refractivity contribution in [2.75, 3.05) is 14.2 Å². The van der Waals surface area contributed by atoms with E-state index < -0.39 is 5.69 Å². The maximum absolute atomic E-state index is 13.3. The van der Waals surface area contributed by atoms with Crippen LogP contribution in [0.2, 0.25) is 0 Å². The summed E-state index contributed by atoms with van der Waals surface area (Å²) in [5.41, 5.74) is 1.12. The van der Waals surface area contributed by atoms with Gasteiger partial charge in [-0.05, 0) is 35.2 Å². The summed E-state index contributed by atoms with van der Waals surface area (Å²) in [4.78, 5) is 39.0. The van der Waals surface area contributed by atoms with Crippen LogP contribution in [0.4, 0.5) is 0 Å². The Kier molecular flexibility index (Phi) is 6.60. The van der Waals surface area contributed by atoms with Crippen molar-refractivity contribution in [3.05, 3.63) is 91.9 Å². The Labute approximate surface area is 193 Å². The maximum atomic E-state index is 13.3. The number of para-hydroxylation sites is 1. The average molecular weight is 466 g/mol. The second-order valence-electron chi connectivity index (χ2n) is 7.33. The standard InChI is InChI=1S/C24H23N3O5S/c1-31-18-9-7-16(8-10-18)13-25-21(28)15-26-19-11-12-33-22(19)23(29)27(24(26)30)14-17-5-3-4-6-20(17)32-2/h3-12H,13-15H2,1-2H3,(H,25,28). The molecule has 9 heteroatoms. The van der Waals surface area contributed by atoms with Crippen LogP contribution in [0.25, 0.3) is 10.2 Å². The molecule has 2 aromatic carbocycles. The van der Waals surface area contributed by atoms with Crippen LogP contribution in [0.1, 0.15) is 11.1 Å². The molecule has 4 rings (SSSR count). The normalized spacial score (nSPS) is 10.8. The highest BCUT2D eigenvalue weighted by molar-refractivity contribution is 7.17. The van der Waals surface area contributed by atoms with E-state index >= 15 is 0 Å². The van der Waals surface area contributed by atoms with Gasteiger partial charge in [0.2, 0.25) is 5.91 Å². The minimum atomic E-state index is -0.545. The summed E-state index contributed by atoms with van der Waals surface area (Å²) in [5, 5.41) is 4.57. The quantitative estimate of drug-likeness (QED) is 0.432. The number of aromatic nitrogens is 2. The minimum absolute atomic E-state index is 0.0446. The molecule has 0 aliphatic heterocycles. The molecule has 2 heterocycles.